The van der Waals surface area contributed by atoms with Crippen LogP contribution in [-0.4, -0.2) is 25.5 Å². The number of hydrogen-bond acceptors (Lipinski definition) is 5. The van der Waals surface area contributed by atoms with E-state index in [1.807, 2.05) is 48.5 Å². The lowest BCUT2D eigenvalue weighted by atomic mass is 9.92. The summed E-state index contributed by atoms with van der Waals surface area (Å²) in [5.74, 6) is 1.36. The van der Waals surface area contributed by atoms with E-state index in [2.05, 4.69) is 12.1 Å². The number of ketones is 1. The highest BCUT2D eigenvalue weighted by molar-refractivity contribution is 6.01. The van der Waals surface area contributed by atoms with E-state index in [-0.39, 0.29) is 23.8 Å². The van der Waals surface area contributed by atoms with Crippen molar-refractivity contribution in [1.29, 1.82) is 0 Å². The van der Waals surface area contributed by atoms with Crippen LogP contribution in [-0.2, 0) is 16.0 Å². The van der Waals surface area contributed by atoms with Crippen LogP contribution in [0.15, 0.2) is 60.7 Å². The van der Waals surface area contributed by atoms with Gasteiger partial charge in [-0.25, -0.2) is 0 Å². The van der Waals surface area contributed by atoms with Gasteiger partial charge in [-0.1, -0.05) is 48.5 Å². The lowest BCUT2D eigenvalue weighted by Crippen LogP contribution is -2.09. The number of benzene rings is 3. The molecule has 0 amide bonds. The molecule has 0 saturated heterocycles. The predicted molar refractivity (Wildman–Crippen MR) is 125 cm³/mol. The van der Waals surface area contributed by atoms with Crippen molar-refractivity contribution in [3.63, 3.8) is 0 Å². The summed E-state index contributed by atoms with van der Waals surface area (Å²) in [7, 11) is 1.40. The number of Topliss-reactive ketones (excluding diaryl/α,β-unsaturated/α-hetero) is 1. The number of carbonyl (C=O) groups is 2. The van der Waals surface area contributed by atoms with Crippen LogP contribution in [0.5, 0.6) is 11.5 Å². The Hall–Kier alpha value is -3.60. The molecular weight excluding hydrogens is 416 g/mol. The Labute approximate surface area is 193 Å². The van der Waals surface area contributed by atoms with Gasteiger partial charge in [-0.2, -0.15) is 0 Å². The van der Waals surface area contributed by atoms with Crippen LogP contribution in [0.3, 0.4) is 0 Å². The summed E-state index contributed by atoms with van der Waals surface area (Å²) < 4.78 is 17.0. The van der Waals surface area contributed by atoms with E-state index in [1.165, 1.54) is 12.7 Å². The Bertz CT molecular complexity index is 1230. The lowest BCUT2D eigenvalue weighted by Gasteiger charge is -2.17. The third-order valence-corrected chi connectivity index (χ3v) is 6.60. The highest BCUT2D eigenvalue weighted by atomic mass is 16.5. The van der Waals surface area contributed by atoms with Crippen LogP contribution < -0.4 is 9.47 Å². The van der Waals surface area contributed by atoms with E-state index < -0.39 is 0 Å². The fourth-order valence-electron chi connectivity index (χ4n) is 4.96. The highest BCUT2D eigenvalue weighted by Gasteiger charge is 2.30. The third kappa shape index (κ3) is 3.99. The molecule has 5 heteroatoms. The normalized spacial score (nSPS) is 18.2. The largest absolute Gasteiger partial charge is 0.492 e. The molecule has 0 saturated carbocycles. The second-order valence-electron chi connectivity index (χ2n) is 8.61. The van der Waals surface area contributed by atoms with E-state index in [4.69, 9.17) is 14.2 Å². The van der Waals surface area contributed by atoms with Crippen LogP contribution in [0.25, 0.3) is 11.1 Å². The van der Waals surface area contributed by atoms with Gasteiger partial charge in [0.25, 0.3) is 0 Å². The molecule has 2 atom stereocenters. The van der Waals surface area contributed by atoms with Crippen LogP contribution in [0.2, 0.25) is 0 Å². The van der Waals surface area contributed by atoms with Gasteiger partial charge in [0.2, 0.25) is 0 Å². The van der Waals surface area contributed by atoms with Gasteiger partial charge in [-0.15, -0.1) is 0 Å². The summed E-state index contributed by atoms with van der Waals surface area (Å²) in [4.78, 5) is 23.8. The first-order valence-electron chi connectivity index (χ1n) is 11.3. The fraction of sp³-hybridized carbons (Fsp3) is 0.286. The van der Waals surface area contributed by atoms with Crippen molar-refractivity contribution >= 4 is 11.8 Å². The summed E-state index contributed by atoms with van der Waals surface area (Å²) >= 11 is 0. The predicted octanol–water partition coefficient (Wildman–Crippen LogP) is 5.66. The molecule has 3 aromatic carbocycles. The maximum absolute atomic E-state index is 12.2. The topological polar surface area (TPSA) is 61.8 Å². The Balaban J connectivity index is 1.39. The molecule has 5 rings (SSSR count). The molecule has 1 aliphatic carbocycles. The average molecular weight is 443 g/mol. The smallest absolute Gasteiger partial charge is 0.306 e. The molecule has 33 heavy (non-hydrogen) atoms. The molecule has 168 valence electrons. The molecular formula is C28H26O5. The quantitative estimate of drug-likeness (QED) is 0.364. The molecule has 2 aliphatic rings. The Morgan fingerprint density at radius 2 is 1.82 bits per heavy atom. The zero-order valence-corrected chi connectivity index (χ0v) is 18.8. The third-order valence-electron chi connectivity index (χ3n) is 6.60. The van der Waals surface area contributed by atoms with E-state index >= 15 is 0 Å². The van der Waals surface area contributed by atoms with Crippen molar-refractivity contribution in [2.75, 3.05) is 13.7 Å². The van der Waals surface area contributed by atoms with Crippen molar-refractivity contribution in [2.24, 2.45) is 0 Å². The zero-order chi connectivity index (χ0) is 22.9. The van der Waals surface area contributed by atoms with Crippen molar-refractivity contribution < 1.29 is 23.8 Å². The monoisotopic (exact) mass is 442 g/mol. The standard InChI is InChI=1S/C28H26O5/c1-17(29)20-6-3-4-7-22(20)23-8-5-9-25-24(23)12-13-26(25)33-19-10-11-21-18(14-28(30)31-2)16-32-27(21)15-19/h3-11,15,18,26H,12-14,16H2,1-2H3. The van der Waals surface area contributed by atoms with Gasteiger partial charge in [0.05, 0.1) is 20.1 Å². The van der Waals surface area contributed by atoms with Gasteiger partial charge >= 0.3 is 5.97 Å². The van der Waals surface area contributed by atoms with Crippen molar-refractivity contribution in [2.45, 2.75) is 38.2 Å². The lowest BCUT2D eigenvalue weighted by molar-refractivity contribution is -0.141. The van der Waals surface area contributed by atoms with Gasteiger partial charge in [0.1, 0.15) is 17.6 Å². The molecule has 3 aromatic rings. The first kappa shape index (κ1) is 21.3. The molecule has 5 nitrogen and oxygen atoms in total. The number of hydrogen-bond donors (Lipinski definition) is 0. The van der Waals surface area contributed by atoms with Gasteiger partial charge < -0.3 is 14.2 Å². The number of esters is 1. The Morgan fingerprint density at radius 3 is 2.64 bits per heavy atom. The minimum Gasteiger partial charge on any atom is -0.492 e. The fourth-order valence-corrected chi connectivity index (χ4v) is 4.96. The zero-order valence-electron chi connectivity index (χ0n) is 18.8. The average Bonchev–Trinajstić information content (AvgIpc) is 3.43. The maximum atomic E-state index is 12.2. The molecule has 0 N–H and O–H groups in total. The summed E-state index contributed by atoms with van der Waals surface area (Å²) in [6.07, 6.45) is 2.02. The molecule has 0 bridgehead atoms. The van der Waals surface area contributed by atoms with Crippen molar-refractivity contribution in [3.05, 3.63) is 82.9 Å². The van der Waals surface area contributed by atoms with Crippen LogP contribution in [0, 0.1) is 0 Å². The molecule has 2 unspecified atom stereocenters. The Morgan fingerprint density at radius 1 is 1.00 bits per heavy atom. The second-order valence-corrected chi connectivity index (χ2v) is 8.61. The SMILES string of the molecule is COC(=O)CC1COc2cc(OC3CCc4c(-c5ccccc5C(C)=O)cccc43)ccc21. The number of methoxy groups -OCH3 is 1. The summed E-state index contributed by atoms with van der Waals surface area (Å²) in [5.41, 5.74) is 6.25. The Kier molecular flexibility index (Phi) is 5.63. The van der Waals surface area contributed by atoms with Crippen molar-refractivity contribution in [3.8, 4) is 22.6 Å². The number of fused-ring (bicyclic) bond motifs is 2. The molecule has 0 spiro atoms. The summed E-state index contributed by atoms with van der Waals surface area (Å²) in [5, 5.41) is 0. The van der Waals surface area contributed by atoms with E-state index in [0.29, 0.717) is 13.0 Å². The van der Waals surface area contributed by atoms with Gasteiger partial charge in [0, 0.05) is 23.1 Å². The molecule has 1 aliphatic heterocycles. The minimum absolute atomic E-state index is 0.0117. The van der Waals surface area contributed by atoms with E-state index in [0.717, 1.165) is 52.2 Å². The highest BCUT2D eigenvalue weighted by Crippen LogP contribution is 2.43. The molecule has 0 radical (unpaired) electrons. The van der Waals surface area contributed by atoms with Crippen LogP contribution in [0.1, 0.15) is 58.8 Å². The summed E-state index contributed by atoms with van der Waals surface area (Å²) in [6, 6.07) is 19.9. The number of carbonyl (C=O) groups excluding carboxylic acids is 2. The van der Waals surface area contributed by atoms with Crippen LogP contribution in [0.4, 0.5) is 0 Å². The second kappa shape index (κ2) is 8.74. The molecule has 0 fully saturated rings. The van der Waals surface area contributed by atoms with Crippen LogP contribution >= 0.6 is 0 Å². The van der Waals surface area contributed by atoms with E-state index in [1.54, 1.807) is 6.92 Å². The van der Waals surface area contributed by atoms with Gasteiger partial charge in [-0.3, -0.25) is 9.59 Å². The van der Waals surface area contributed by atoms with Gasteiger partial charge in [-0.05, 0) is 48.1 Å². The van der Waals surface area contributed by atoms with Gasteiger partial charge in [0.15, 0.2) is 5.78 Å². The minimum atomic E-state index is -0.235. The van der Waals surface area contributed by atoms with Crippen molar-refractivity contribution in [1.82, 2.24) is 0 Å². The molecule has 0 aromatic heterocycles. The molecule has 1 heterocycles. The van der Waals surface area contributed by atoms with E-state index in [9.17, 15) is 9.59 Å². The first-order chi connectivity index (χ1) is 16.0. The summed E-state index contributed by atoms with van der Waals surface area (Å²) in [6.45, 7) is 2.08. The first-order valence-corrected chi connectivity index (χ1v) is 11.3. The maximum Gasteiger partial charge on any atom is 0.306 e. The number of rotatable bonds is 6. The number of ether oxygens (including phenoxy) is 3.